The van der Waals surface area contributed by atoms with E-state index in [1.54, 1.807) is 9.80 Å². The van der Waals surface area contributed by atoms with E-state index in [4.69, 9.17) is 0 Å². The Bertz CT molecular complexity index is 799. The van der Waals surface area contributed by atoms with Crippen molar-refractivity contribution in [2.45, 2.75) is 65.0 Å². The largest absolute Gasteiger partial charge is 0.342 e. The van der Waals surface area contributed by atoms with Gasteiger partial charge in [0.15, 0.2) is 0 Å². The fourth-order valence-electron chi connectivity index (χ4n) is 4.56. The Hall–Kier alpha value is -2.57. The van der Waals surface area contributed by atoms with E-state index in [0.717, 1.165) is 17.7 Å². The van der Waals surface area contributed by atoms with Crippen molar-refractivity contribution in [1.29, 1.82) is 0 Å². The van der Waals surface area contributed by atoms with E-state index in [2.05, 4.69) is 24.5 Å². The van der Waals surface area contributed by atoms with E-state index in [1.165, 1.54) is 0 Å². The highest BCUT2D eigenvalue weighted by atomic mass is 16.2. The van der Waals surface area contributed by atoms with Gasteiger partial charge in [-0.25, -0.2) is 4.79 Å². The Kier molecular flexibility index (Phi) is 6.68. The van der Waals surface area contributed by atoms with E-state index in [0.29, 0.717) is 44.8 Å². The lowest BCUT2D eigenvalue weighted by Gasteiger charge is -2.51. The number of likely N-dealkylation sites (tertiary alicyclic amines) is 1. The minimum atomic E-state index is -0.847. The topological polar surface area (TPSA) is 81.8 Å². The number of piperazine rings is 1. The van der Waals surface area contributed by atoms with Gasteiger partial charge in [0.2, 0.25) is 11.8 Å². The summed E-state index contributed by atoms with van der Waals surface area (Å²) in [6.07, 6.45) is 2.36. The molecule has 7 nitrogen and oxygen atoms in total. The van der Waals surface area contributed by atoms with E-state index < -0.39 is 11.6 Å². The third-order valence-corrected chi connectivity index (χ3v) is 6.11. The lowest BCUT2D eigenvalue weighted by atomic mass is 9.81. The van der Waals surface area contributed by atoms with Crippen LogP contribution in [0.25, 0.3) is 0 Å². The summed E-state index contributed by atoms with van der Waals surface area (Å²) in [7, 11) is 0. The Morgan fingerprint density at radius 3 is 2.57 bits per heavy atom. The predicted molar refractivity (Wildman–Crippen MR) is 117 cm³/mol. The maximum atomic E-state index is 13.2. The van der Waals surface area contributed by atoms with Gasteiger partial charge in [0.05, 0.1) is 0 Å². The molecule has 2 aliphatic rings. The molecule has 2 aliphatic heterocycles. The van der Waals surface area contributed by atoms with Crippen LogP contribution in [0.4, 0.5) is 10.5 Å². The molecule has 1 unspecified atom stereocenters. The number of hydrogen-bond donors (Lipinski definition) is 2. The second-order valence-corrected chi connectivity index (χ2v) is 8.96. The molecule has 0 bridgehead atoms. The van der Waals surface area contributed by atoms with Crippen molar-refractivity contribution in [1.82, 2.24) is 15.1 Å². The number of urea groups is 1. The predicted octanol–water partition coefficient (Wildman–Crippen LogP) is 3.14. The van der Waals surface area contributed by atoms with Crippen LogP contribution in [0, 0.1) is 12.8 Å². The fourth-order valence-corrected chi connectivity index (χ4v) is 4.56. The quantitative estimate of drug-likeness (QED) is 0.777. The molecule has 1 aromatic rings. The average molecular weight is 415 g/mol. The molecule has 2 fully saturated rings. The number of piperidine rings is 1. The zero-order valence-electron chi connectivity index (χ0n) is 18.5. The number of benzene rings is 1. The average Bonchev–Trinajstić information content (AvgIpc) is 2.69. The number of amides is 4. The van der Waals surface area contributed by atoms with Gasteiger partial charge in [-0.15, -0.1) is 0 Å². The number of hydrogen-bond acceptors (Lipinski definition) is 3. The van der Waals surface area contributed by atoms with Gasteiger partial charge in [-0.3, -0.25) is 9.59 Å². The van der Waals surface area contributed by atoms with Crippen LogP contribution in [-0.2, 0) is 9.59 Å². The number of carbonyl (C=O) groups excluding carboxylic acids is 3. The molecule has 2 heterocycles. The van der Waals surface area contributed by atoms with Gasteiger partial charge >= 0.3 is 6.03 Å². The van der Waals surface area contributed by atoms with Gasteiger partial charge in [0.25, 0.3) is 0 Å². The molecule has 0 aromatic heterocycles. The maximum Gasteiger partial charge on any atom is 0.321 e. The Morgan fingerprint density at radius 1 is 1.27 bits per heavy atom. The Morgan fingerprint density at radius 2 is 1.97 bits per heavy atom. The molecule has 1 spiro atoms. The molecular weight excluding hydrogens is 380 g/mol. The Labute approximate surface area is 179 Å². The minimum Gasteiger partial charge on any atom is -0.342 e. The second-order valence-electron chi connectivity index (χ2n) is 8.96. The van der Waals surface area contributed by atoms with E-state index in [-0.39, 0.29) is 17.8 Å². The zero-order chi connectivity index (χ0) is 21.9. The highest BCUT2D eigenvalue weighted by Crippen LogP contribution is 2.34. The summed E-state index contributed by atoms with van der Waals surface area (Å²) >= 11 is 0. The monoisotopic (exact) mass is 414 g/mol. The van der Waals surface area contributed by atoms with Crippen LogP contribution in [0.3, 0.4) is 0 Å². The SMILES string of the molecule is CCCN1C(=O)C(CC(C)C)NC(=O)C12CCN(C(=O)Nc1cccc(C)c1)CC2. The zero-order valence-corrected chi connectivity index (χ0v) is 18.5. The Balaban J connectivity index is 1.70. The molecule has 2 N–H and O–H groups in total. The number of nitrogens with zero attached hydrogens (tertiary/aromatic N) is 2. The molecular formula is C23H34N4O3. The van der Waals surface area contributed by atoms with Crippen molar-refractivity contribution in [2.24, 2.45) is 5.92 Å². The molecule has 7 heteroatoms. The highest BCUT2D eigenvalue weighted by molar-refractivity contribution is 6.00. The third-order valence-electron chi connectivity index (χ3n) is 6.11. The standard InChI is InChI=1S/C23H34N4O3/c1-5-11-27-20(28)19(14-16(2)3)25-21(29)23(27)9-12-26(13-10-23)22(30)24-18-8-6-7-17(4)15-18/h6-8,15-16,19H,5,9-14H2,1-4H3,(H,24,30)(H,25,29). The summed E-state index contributed by atoms with van der Waals surface area (Å²) in [5.41, 5.74) is 0.990. The minimum absolute atomic E-state index is 0.0165. The normalized spacial score (nSPS) is 21.2. The molecule has 164 valence electrons. The summed E-state index contributed by atoms with van der Waals surface area (Å²) in [6, 6.07) is 7.06. The van der Waals surface area contributed by atoms with Gasteiger partial charge in [-0.2, -0.15) is 0 Å². The molecule has 1 aromatic carbocycles. The van der Waals surface area contributed by atoms with Crippen molar-refractivity contribution in [2.75, 3.05) is 25.0 Å². The number of aryl methyl sites for hydroxylation is 1. The van der Waals surface area contributed by atoms with Crippen LogP contribution < -0.4 is 10.6 Å². The smallest absolute Gasteiger partial charge is 0.321 e. The fraction of sp³-hybridized carbons (Fsp3) is 0.609. The first-order chi connectivity index (χ1) is 14.3. The van der Waals surface area contributed by atoms with Crippen LogP contribution >= 0.6 is 0 Å². The van der Waals surface area contributed by atoms with E-state index in [1.807, 2.05) is 38.1 Å². The number of anilines is 1. The van der Waals surface area contributed by atoms with E-state index >= 15 is 0 Å². The summed E-state index contributed by atoms with van der Waals surface area (Å²) in [5.74, 6) is 0.270. The molecule has 3 rings (SSSR count). The lowest BCUT2D eigenvalue weighted by molar-refractivity contribution is -0.161. The highest BCUT2D eigenvalue weighted by Gasteiger charge is 2.53. The van der Waals surface area contributed by atoms with Crippen LogP contribution in [0.5, 0.6) is 0 Å². The van der Waals surface area contributed by atoms with Crippen molar-refractivity contribution in [3.8, 4) is 0 Å². The van der Waals surface area contributed by atoms with Crippen LogP contribution in [0.1, 0.15) is 52.0 Å². The number of nitrogens with one attached hydrogen (secondary N) is 2. The molecule has 30 heavy (non-hydrogen) atoms. The first kappa shape index (κ1) is 22.1. The maximum absolute atomic E-state index is 13.2. The molecule has 1 atom stereocenters. The first-order valence-electron chi connectivity index (χ1n) is 11.0. The van der Waals surface area contributed by atoms with Gasteiger partial charge in [0, 0.05) is 25.3 Å². The van der Waals surface area contributed by atoms with Crippen molar-refractivity contribution < 1.29 is 14.4 Å². The van der Waals surface area contributed by atoms with Crippen LogP contribution in [0.15, 0.2) is 24.3 Å². The first-order valence-corrected chi connectivity index (χ1v) is 11.0. The third kappa shape index (κ3) is 4.45. The van der Waals surface area contributed by atoms with Crippen LogP contribution in [0.2, 0.25) is 0 Å². The summed E-state index contributed by atoms with van der Waals surface area (Å²) < 4.78 is 0. The summed E-state index contributed by atoms with van der Waals surface area (Å²) in [5, 5.41) is 5.92. The van der Waals surface area contributed by atoms with Crippen molar-refractivity contribution in [3.63, 3.8) is 0 Å². The molecule has 0 radical (unpaired) electrons. The number of carbonyl (C=O) groups is 3. The number of rotatable bonds is 5. The van der Waals surface area contributed by atoms with E-state index in [9.17, 15) is 14.4 Å². The molecule has 0 aliphatic carbocycles. The summed E-state index contributed by atoms with van der Waals surface area (Å²) in [4.78, 5) is 42.6. The van der Waals surface area contributed by atoms with Gasteiger partial charge < -0.3 is 20.4 Å². The van der Waals surface area contributed by atoms with Crippen LogP contribution in [-0.4, -0.2) is 58.9 Å². The molecule has 0 saturated carbocycles. The van der Waals surface area contributed by atoms with Gasteiger partial charge in [-0.1, -0.05) is 32.9 Å². The van der Waals surface area contributed by atoms with Crippen molar-refractivity contribution in [3.05, 3.63) is 29.8 Å². The van der Waals surface area contributed by atoms with Gasteiger partial charge in [0.1, 0.15) is 11.6 Å². The summed E-state index contributed by atoms with van der Waals surface area (Å²) in [6.45, 7) is 9.55. The lowest BCUT2D eigenvalue weighted by Crippen LogP contribution is -2.73. The molecule has 2 saturated heterocycles. The molecule has 4 amide bonds. The second kappa shape index (κ2) is 9.06. The van der Waals surface area contributed by atoms with Gasteiger partial charge in [-0.05, 0) is 56.2 Å². The van der Waals surface area contributed by atoms with Crippen molar-refractivity contribution >= 4 is 23.5 Å².